The number of rotatable bonds is 4. The van der Waals surface area contributed by atoms with Crippen LogP contribution >= 0.6 is 0 Å². The standard InChI is InChI=1S/C17H21NO/c1-12-5-4-6-13(2)17(12)19-11-16-8-7-15(10-18)9-14(16)3/h4-9H,10-11,18H2,1-3H3. The molecule has 2 aromatic carbocycles. The summed E-state index contributed by atoms with van der Waals surface area (Å²) in [5.74, 6) is 0.991. The van der Waals surface area contributed by atoms with E-state index in [9.17, 15) is 0 Å². The highest BCUT2D eigenvalue weighted by Crippen LogP contribution is 2.24. The highest BCUT2D eigenvalue weighted by molar-refractivity contribution is 5.40. The molecule has 0 aromatic heterocycles. The van der Waals surface area contributed by atoms with Crippen molar-refractivity contribution >= 4 is 0 Å². The van der Waals surface area contributed by atoms with Gasteiger partial charge in [0, 0.05) is 6.54 Å². The molecule has 0 saturated carbocycles. The lowest BCUT2D eigenvalue weighted by Gasteiger charge is -2.13. The number of para-hydroxylation sites is 1. The number of hydrogen-bond acceptors (Lipinski definition) is 2. The number of aryl methyl sites for hydroxylation is 3. The van der Waals surface area contributed by atoms with Gasteiger partial charge in [0.1, 0.15) is 12.4 Å². The molecule has 0 aliphatic carbocycles. The van der Waals surface area contributed by atoms with Crippen molar-refractivity contribution < 1.29 is 4.74 Å². The predicted molar refractivity (Wildman–Crippen MR) is 79.3 cm³/mol. The molecule has 2 aromatic rings. The summed E-state index contributed by atoms with van der Waals surface area (Å²) in [6, 6.07) is 12.5. The first-order valence-electron chi connectivity index (χ1n) is 6.59. The maximum atomic E-state index is 5.98. The molecule has 100 valence electrons. The lowest BCUT2D eigenvalue weighted by molar-refractivity contribution is 0.301. The SMILES string of the molecule is Cc1cc(CN)ccc1COc1c(C)cccc1C. The Morgan fingerprint density at radius 2 is 1.63 bits per heavy atom. The summed E-state index contributed by atoms with van der Waals surface area (Å²) in [5.41, 5.74) is 11.6. The van der Waals surface area contributed by atoms with Gasteiger partial charge in [0.25, 0.3) is 0 Å². The van der Waals surface area contributed by atoms with Gasteiger partial charge in [-0.25, -0.2) is 0 Å². The third kappa shape index (κ3) is 3.15. The van der Waals surface area contributed by atoms with E-state index in [2.05, 4.69) is 57.2 Å². The summed E-state index contributed by atoms with van der Waals surface area (Å²) >= 11 is 0. The van der Waals surface area contributed by atoms with E-state index in [0.717, 1.165) is 11.3 Å². The van der Waals surface area contributed by atoms with Crippen molar-refractivity contribution in [3.63, 3.8) is 0 Å². The first-order valence-corrected chi connectivity index (χ1v) is 6.59. The molecule has 2 nitrogen and oxygen atoms in total. The molecule has 2 rings (SSSR count). The summed E-state index contributed by atoms with van der Waals surface area (Å²) in [5, 5.41) is 0. The summed E-state index contributed by atoms with van der Waals surface area (Å²) in [4.78, 5) is 0. The maximum absolute atomic E-state index is 5.98. The van der Waals surface area contributed by atoms with Gasteiger partial charge in [0.15, 0.2) is 0 Å². The van der Waals surface area contributed by atoms with E-state index < -0.39 is 0 Å². The van der Waals surface area contributed by atoms with E-state index in [1.807, 2.05) is 0 Å². The van der Waals surface area contributed by atoms with Crippen molar-refractivity contribution in [1.82, 2.24) is 0 Å². The van der Waals surface area contributed by atoms with E-state index in [1.165, 1.54) is 22.3 Å². The predicted octanol–water partition coefficient (Wildman–Crippen LogP) is 3.65. The molecule has 0 aliphatic heterocycles. The smallest absolute Gasteiger partial charge is 0.125 e. The zero-order valence-electron chi connectivity index (χ0n) is 11.9. The Hall–Kier alpha value is -1.80. The van der Waals surface area contributed by atoms with E-state index in [1.54, 1.807) is 0 Å². The second-order valence-electron chi connectivity index (χ2n) is 4.97. The number of benzene rings is 2. The molecule has 0 radical (unpaired) electrons. The molecule has 0 bridgehead atoms. The summed E-state index contributed by atoms with van der Waals surface area (Å²) in [6.45, 7) is 7.43. The molecule has 0 atom stereocenters. The van der Waals surface area contributed by atoms with E-state index in [4.69, 9.17) is 10.5 Å². The van der Waals surface area contributed by atoms with Gasteiger partial charge in [0.2, 0.25) is 0 Å². The Bertz CT molecular complexity index is 555. The number of nitrogens with two attached hydrogens (primary N) is 1. The Kier molecular flexibility index (Phi) is 4.23. The molecule has 0 aliphatic rings. The Morgan fingerprint density at radius 3 is 2.21 bits per heavy atom. The van der Waals surface area contributed by atoms with Crippen molar-refractivity contribution in [3.05, 3.63) is 64.2 Å². The Morgan fingerprint density at radius 1 is 0.947 bits per heavy atom. The monoisotopic (exact) mass is 255 g/mol. The first kappa shape index (κ1) is 13.6. The normalized spacial score (nSPS) is 10.5. The van der Waals surface area contributed by atoms with Gasteiger partial charge in [-0.2, -0.15) is 0 Å². The van der Waals surface area contributed by atoms with Crippen LogP contribution < -0.4 is 10.5 Å². The molecule has 2 heteroatoms. The summed E-state index contributed by atoms with van der Waals surface area (Å²) in [7, 11) is 0. The fourth-order valence-corrected chi connectivity index (χ4v) is 2.22. The molecule has 2 N–H and O–H groups in total. The molecule has 0 fully saturated rings. The van der Waals surface area contributed by atoms with Crippen LogP contribution in [0.25, 0.3) is 0 Å². The number of ether oxygens (including phenoxy) is 1. The van der Waals surface area contributed by atoms with Crippen molar-refractivity contribution in [2.24, 2.45) is 5.73 Å². The van der Waals surface area contributed by atoms with Crippen molar-refractivity contribution in [2.75, 3.05) is 0 Å². The minimum atomic E-state index is 0.582. The van der Waals surface area contributed by atoms with Gasteiger partial charge in [-0.3, -0.25) is 0 Å². The van der Waals surface area contributed by atoms with E-state index >= 15 is 0 Å². The fraction of sp³-hybridized carbons (Fsp3) is 0.294. The van der Waals surface area contributed by atoms with Crippen LogP contribution in [-0.2, 0) is 13.2 Å². The molecule has 0 amide bonds. The third-order valence-corrected chi connectivity index (χ3v) is 3.42. The van der Waals surface area contributed by atoms with Crippen LogP contribution in [0.2, 0.25) is 0 Å². The van der Waals surface area contributed by atoms with Gasteiger partial charge in [-0.15, -0.1) is 0 Å². The third-order valence-electron chi connectivity index (χ3n) is 3.42. The van der Waals surface area contributed by atoms with Crippen LogP contribution in [0.5, 0.6) is 5.75 Å². The topological polar surface area (TPSA) is 35.2 Å². The van der Waals surface area contributed by atoms with Gasteiger partial charge < -0.3 is 10.5 Å². The van der Waals surface area contributed by atoms with Crippen LogP contribution in [0.1, 0.15) is 27.8 Å². The molecule has 0 saturated heterocycles. The zero-order chi connectivity index (χ0) is 13.8. The van der Waals surface area contributed by atoms with Crippen LogP contribution in [0.3, 0.4) is 0 Å². The lowest BCUT2D eigenvalue weighted by atomic mass is 10.1. The second-order valence-corrected chi connectivity index (χ2v) is 4.97. The molecule has 19 heavy (non-hydrogen) atoms. The molecular formula is C17H21NO. The summed E-state index contributed by atoms with van der Waals surface area (Å²) < 4.78 is 5.98. The average molecular weight is 255 g/mol. The molecule has 0 heterocycles. The Balaban J connectivity index is 2.15. The van der Waals surface area contributed by atoms with Crippen LogP contribution in [0, 0.1) is 20.8 Å². The zero-order valence-corrected chi connectivity index (χ0v) is 11.9. The van der Waals surface area contributed by atoms with E-state index in [-0.39, 0.29) is 0 Å². The summed E-state index contributed by atoms with van der Waals surface area (Å²) in [6.07, 6.45) is 0. The van der Waals surface area contributed by atoms with Gasteiger partial charge >= 0.3 is 0 Å². The number of hydrogen-bond donors (Lipinski definition) is 1. The van der Waals surface area contributed by atoms with Crippen molar-refractivity contribution in [1.29, 1.82) is 0 Å². The van der Waals surface area contributed by atoms with Gasteiger partial charge in [-0.05, 0) is 48.6 Å². The highest BCUT2D eigenvalue weighted by Gasteiger charge is 2.05. The second kappa shape index (κ2) is 5.89. The first-order chi connectivity index (χ1) is 9.11. The molecular weight excluding hydrogens is 234 g/mol. The largest absolute Gasteiger partial charge is 0.488 e. The quantitative estimate of drug-likeness (QED) is 0.905. The highest BCUT2D eigenvalue weighted by atomic mass is 16.5. The minimum Gasteiger partial charge on any atom is -0.488 e. The Labute approximate surface area is 115 Å². The maximum Gasteiger partial charge on any atom is 0.125 e. The lowest BCUT2D eigenvalue weighted by Crippen LogP contribution is -2.02. The fourth-order valence-electron chi connectivity index (χ4n) is 2.22. The van der Waals surface area contributed by atoms with Gasteiger partial charge in [-0.1, -0.05) is 36.4 Å². The van der Waals surface area contributed by atoms with Crippen LogP contribution in [0.15, 0.2) is 36.4 Å². The minimum absolute atomic E-state index is 0.582. The van der Waals surface area contributed by atoms with Crippen LogP contribution in [-0.4, -0.2) is 0 Å². The average Bonchev–Trinajstić information content (AvgIpc) is 2.39. The van der Waals surface area contributed by atoms with E-state index in [0.29, 0.717) is 13.2 Å². The molecule has 0 unspecified atom stereocenters. The van der Waals surface area contributed by atoms with Gasteiger partial charge in [0.05, 0.1) is 0 Å². The van der Waals surface area contributed by atoms with Crippen LogP contribution in [0.4, 0.5) is 0 Å². The van der Waals surface area contributed by atoms with Crippen molar-refractivity contribution in [2.45, 2.75) is 33.9 Å². The molecule has 0 spiro atoms. The van der Waals surface area contributed by atoms with Crippen molar-refractivity contribution in [3.8, 4) is 5.75 Å².